The summed E-state index contributed by atoms with van der Waals surface area (Å²) in [6, 6.07) is 19.4. The Morgan fingerprint density at radius 2 is 1.32 bits per heavy atom. The molecule has 0 spiro atoms. The van der Waals surface area contributed by atoms with Crippen LogP contribution in [0, 0.1) is 0 Å². The second-order valence-electron chi connectivity index (χ2n) is 6.96. The van der Waals surface area contributed by atoms with E-state index >= 15 is 0 Å². The van der Waals surface area contributed by atoms with Crippen molar-refractivity contribution in [2.24, 2.45) is 0 Å². The van der Waals surface area contributed by atoms with Crippen LogP contribution < -0.4 is 4.74 Å². The topological polar surface area (TPSA) is 9.23 Å². The molecule has 0 heterocycles. The molecule has 0 aliphatic carbocycles. The van der Waals surface area contributed by atoms with Crippen molar-refractivity contribution in [2.75, 3.05) is 6.61 Å². The van der Waals surface area contributed by atoms with Crippen molar-refractivity contribution in [3.63, 3.8) is 0 Å². The Morgan fingerprint density at radius 1 is 0.640 bits per heavy atom. The summed E-state index contributed by atoms with van der Waals surface area (Å²) in [5, 5.41) is 0. The van der Waals surface area contributed by atoms with E-state index in [1.54, 1.807) is 0 Å². The Kier molecular flexibility index (Phi) is 9.84. The molecule has 0 amide bonds. The van der Waals surface area contributed by atoms with E-state index in [0.29, 0.717) is 0 Å². The number of unbranched alkanes of at least 4 members (excludes halogenated alkanes) is 6. The lowest BCUT2D eigenvalue weighted by Crippen LogP contribution is -1.98. The van der Waals surface area contributed by atoms with Gasteiger partial charge in [0, 0.05) is 0 Å². The van der Waals surface area contributed by atoms with E-state index in [-0.39, 0.29) is 0 Å². The Hall–Kier alpha value is -1.76. The molecule has 25 heavy (non-hydrogen) atoms. The molecule has 1 heteroatoms. The normalized spacial score (nSPS) is 10.8. The van der Waals surface area contributed by atoms with Crippen molar-refractivity contribution >= 4 is 0 Å². The van der Waals surface area contributed by atoms with E-state index in [2.05, 4.69) is 61.5 Å². The molecule has 0 saturated carbocycles. The average molecular weight is 339 g/mol. The van der Waals surface area contributed by atoms with Gasteiger partial charge < -0.3 is 4.74 Å². The van der Waals surface area contributed by atoms with Crippen LogP contribution in [0.15, 0.2) is 54.6 Å². The highest BCUT2D eigenvalue weighted by molar-refractivity contribution is 5.28. The highest BCUT2D eigenvalue weighted by Gasteiger charge is 1.99. The Morgan fingerprint density at radius 3 is 2.12 bits per heavy atom. The van der Waals surface area contributed by atoms with Crippen LogP contribution in [0.2, 0.25) is 0 Å². The Bertz CT molecular complexity index is 561. The lowest BCUT2D eigenvalue weighted by molar-refractivity contribution is 0.304. The van der Waals surface area contributed by atoms with Gasteiger partial charge in [0.2, 0.25) is 0 Å². The van der Waals surface area contributed by atoms with Gasteiger partial charge in [0.25, 0.3) is 0 Å². The van der Waals surface area contributed by atoms with Gasteiger partial charge in [-0.3, -0.25) is 0 Å². The highest BCUT2D eigenvalue weighted by Crippen LogP contribution is 2.16. The molecule has 0 aliphatic rings. The number of aryl methyl sites for hydroxylation is 2. The number of rotatable bonds is 13. The van der Waals surface area contributed by atoms with Crippen molar-refractivity contribution in [1.82, 2.24) is 0 Å². The highest BCUT2D eigenvalue weighted by atomic mass is 16.5. The molecular formula is C24H34O. The first-order chi connectivity index (χ1) is 12.4. The molecule has 2 aromatic rings. The van der Waals surface area contributed by atoms with E-state index in [1.165, 1.54) is 68.9 Å². The molecular weight excluding hydrogens is 304 g/mol. The standard InChI is InChI=1S/C24H34O/c1-2-3-4-8-17-23-18-13-19-24(21-23)25-20-12-6-5-9-14-22-15-10-7-11-16-22/h7,10-11,13,15-16,18-19,21H,2-6,8-9,12,14,17,20H2,1H3. The molecule has 1 nitrogen and oxygen atoms in total. The van der Waals surface area contributed by atoms with E-state index in [4.69, 9.17) is 4.74 Å². The summed E-state index contributed by atoms with van der Waals surface area (Å²) >= 11 is 0. The Balaban J connectivity index is 1.54. The SMILES string of the molecule is CCCCCCc1cccc(OCCCCCCc2ccccc2)c1. The van der Waals surface area contributed by atoms with Crippen molar-refractivity contribution in [3.8, 4) is 5.75 Å². The first-order valence-electron chi connectivity index (χ1n) is 10.1. The minimum Gasteiger partial charge on any atom is -0.494 e. The molecule has 2 rings (SSSR count). The Labute approximate surface area is 154 Å². The molecule has 0 aliphatic heterocycles. The summed E-state index contributed by atoms with van der Waals surface area (Å²) in [5.41, 5.74) is 2.87. The second kappa shape index (κ2) is 12.6. The summed E-state index contributed by atoms with van der Waals surface area (Å²) in [7, 11) is 0. The number of ether oxygens (including phenoxy) is 1. The van der Waals surface area contributed by atoms with Crippen LogP contribution >= 0.6 is 0 Å². The molecule has 0 atom stereocenters. The van der Waals surface area contributed by atoms with Crippen molar-refractivity contribution in [3.05, 3.63) is 65.7 Å². The van der Waals surface area contributed by atoms with Gasteiger partial charge in [-0.25, -0.2) is 0 Å². The van der Waals surface area contributed by atoms with E-state index in [9.17, 15) is 0 Å². The fraction of sp³-hybridized carbons (Fsp3) is 0.500. The van der Waals surface area contributed by atoms with Crippen molar-refractivity contribution in [2.45, 2.75) is 71.1 Å². The van der Waals surface area contributed by atoms with Gasteiger partial charge in [-0.2, -0.15) is 0 Å². The van der Waals surface area contributed by atoms with Crippen LogP contribution in [0.4, 0.5) is 0 Å². The minimum atomic E-state index is 0.838. The van der Waals surface area contributed by atoms with Crippen molar-refractivity contribution in [1.29, 1.82) is 0 Å². The zero-order chi connectivity index (χ0) is 17.6. The van der Waals surface area contributed by atoms with Crippen LogP contribution in [0.5, 0.6) is 5.75 Å². The van der Waals surface area contributed by atoms with Crippen LogP contribution in [-0.4, -0.2) is 6.61 Å². The summed E-state index contributed by atoms with van der Waals surface area (Å²) in [6.07, 6.45) is 12.6. The smallest absolute Gasteiger partial charge is 0.119 e. The average Bonchev–Trinajstić information content (AvgIpc) is 2.66. The van der Waals surface area contributed by atoms with Crippen LogP contribution in [-0.2, 0) is 12.8 Å². The van der Waals surface area contributed by atoms with Gasteiger partial charge in [-0.15, -0.1) is 0 Å². The molecule has 0 saturated heterocycles. The largest absolute Gasteiger partial charge is 0.494 e. The summed E-state index contributed by atoms with van der Waals surface area (Å²) < 4.78 is 5.94. The predicted molar refractivity (Wildman–Crippen MR) is 108 cm³/mol. The van der Waals surface area contributed by atoms with E-state index in [0.717, 1.165) is 18.8 Å². The van der Waals surface area contributed by atoms with Crippen LogP contribution in [0.1, 0.15) is 69.4 Å². The number of hydrogen-bond acceptors (Lipinski definition) is 1. The number of hydrogen-bond donors (Lipinski definition) is 0. The van der Waals surface area contributed by atoms with Crippen molar-refractivity contribution < 1.29 is 4.74 Å². The minimum absolute atomic E-state index is 0.838. The summed E-state index contributed by atoms with van der Waals surface area (Å²) in [5.74, 6) is 1.04. The van der Waals surface area contributed by atoms with Gasteiger partial charge in [-0.05, 0) is 55.4 Å². The monoisotopic (exact) mass is 338 g/mol. The fourth-order valence-electron chi connectivity index (χ4n) is 3.17. The van der Waals surface area contributed by atoms with E-state index in [1.807, 2.05) is 0 Å². The maximum atomic E-state index is 5.94. The third-order valence-corrected chi connectivity index (χ3v) is 4.69. The first kappa shape index (κ1) is 19.6. The molecule has 2 aromatic carbocycles. The zero-order valence-corrected chi connectivity index (χ0v) is 15.9. The van der Waals surface area contributed by atoms with Gasteiger partial charge in [-0.1, -0.05) is 81.5 Å². The summed E-state index contributed by atoms with van der Waals surface area (Å²) in [4.78, 5) is 0. The lowest BCUT2D eigenvalue weighted by Gasteiger charge is -2.08. The molecule has 136 valence electrons. The summed E-state index contributed by atoms with van der Waals surface area (Å²) in [6.45, 7) is 3.10. The van der Waals surface area contributed by atoms with Crippen LogP contribution in [0.25, 0.3) is 0 Å². The molecule has 0 radical (unpaired) electrons. The second-order valence-corrected chi connectivity index (χ2v) is 6.96. The quantitative estimate of drug-likeness (QED) is 0.358. The molecule has 0 bridgehead atoms. The van der Waals surface area contributed by atoms with Crippen LogP contribution in [0.3, 0.4) is 0 Å². The van der Waals surface area contributed by atoms with Gasteiger partial charge in [0.15, 0.2) is 0 Å². The van der Waals surface area contributed by atoms with E-state index < -0.39 is 0 Å². The van der Waals surface area contributed by atoms with Gasteiger partial charge in [0.1, 0.15) is 5.75 Å². The zero-order valence-electron chi connectivity index (χ0n) is 15.9. The molecule has 0 N–H and O–H groups in total. The third kappa shape index (κ3) is 8.77. The molecule has 0 fully saturated rings. The molecule has 0 aromatic heterocycles. The third-order valence-electron chi connectivity index (χ3n) is 4.69. The maximum absolute atomic E-state index is 5.94. The first-order valence-corrected chi connectivity index (χ1v) is 10.1. The lowest BCUT2D eigenvalue weighted by atomic mass is 10.1. The van der Waals surface area contributed by atoms with Gasteiger partial charge >= 0.3 is 0 Å². The van der Waals surface area contributed by atoms with Gasteiger partial charge in [0.05, 0.1) is 6.61 Å². The molecule has 0 unspecified atom stereocenters. The maximum Gasteiger partial charge on any atom is 0.119 e. The predicted octanol–water partition coefficient (Wildman–Crippen LogP) is 6.99. The number of benzene rings is 2. The fourth-order valence-corrected chi connectivity index (χ4v) is 3.17.